The van der Waals surface area contributed by atoms with Gasteiger partial charge in [0.25, 0.3) is 0 Å². The number of amidine groups is 1. The van der Waals surface area contributed by atoms with Crippen LogP contribution in [0.3, 0.4) is 0 Å². The van der Waals surface area contributed by atoms with Gasteiger partial charge in [-0.3, -0.25) is 9.79 Å². The molecular weight excluding hydrogens is 485 g/mol. The van der Waals surface area contributed by atoms with Crippen LogP contribution in [0.4, 0.5) is 13.2 Å². The van der Waals surface area contributed by atoms with E-state index in [1.54, 1.807) is 11.9 Å². The number of nitrogens with zero attached hydrogens (tertiary/aromatic N) is 2. The molecular formula is C23H27F3N4O4S. The summed E-state index contributed by atoms with van der Waals surface area (Å²) < 4.78 is 65.1. The number of amides is 1. The Bertz CT molecular complexity index is 1130. The van der Waals surface area contributed by atoms with Gasteiger partial charge in [0.05, 0.1) is 11.4 Å². The molecule has 0 aromatic heterocycles. The molecule has 0 atom stereocenters. The van der Waals surface area contributed by atoms with E-state index in [2.05, 4.69) is 20.4 Å². The first-order valence-electron chi connectivity index (χ1n) is 10.9. The Morgan fingerprint density at radius 1 is 1.14 bits per heavy atom. The number of likely N-dealkylation sites (N-methyl/N-ethyl adjacent to an activating group) is 1. The largest absolute Gasteiger partial charge is 0.573 e. The highest BCUT2D eigenvalue weighted by Gasteiger charge is 2.31. The topological polar surface area (TPSA) is 100 Å². The number of benzene rings is 2. The molecule has 1 aliphatic heterocycles. The van der Waals surface area contributed by atoms with Gasteiger partial charge in [0.15, 0.2) is 9.84 Å². The van der Waals surface area contributed by atoms with Crippen molar-refractivity contribution in [1.82, 2.24) is 15.5 Å². The van der Waals surface area contributed by atoms with Crippen LogP contribution in [-0.4, -0.2) is 70.5 Å². The molecule has 0 bridgehead atoms. The fourth-order valence-electron chi connectivity index (χ4n) is 3.37. The fourth-order valence-corrected chi connectivity index (χ4v) is 4.50. The number of aliphatic imine (C=N–C) groups is 1. The van der Waals surface area contributed by atoms with Gasteiger partial charge in [-0.25, -0.2) is 8.42 Å². The summed E-state index contributed by atoms with van der Waals surface area (Å²) >= 11 is 0. The number of hydrogen-bond donors (Lipinski definition) is 2. The smallest absolute Gasteiger partial charge is 0.406 e. The van der Waals surface area contributed by atoms with E-state index >= 15 is 0 Å². The molecule has 1 heterocycles. The van der Waals surface area contributed by atoms with Crippen LogP contribution in [0, 0.1) is 0 Å². The molecule has 0 saturated carbocycles. The van der Waals surface area contributed by atoms with E-state index in [-0.39, 0.29) is 23.8 Å². The zero-order valence-electron chi connectivity index (χ0n) is 19.1. The van der Waals surface area contributed by atoms with Crippen LogP contribution >= 0.6 is 0 Å². The predicted molar refractivity (Wildman–Crippen MR) is 125 cm³/mol. The lowest BCUT2D eigenvalue weighted by Gasteiger charge is -2.17. The van der Waals surface area contributed by atoms with Crippen LogP contribution in [0.2, 0.25) is 0 Å². The lowest BCUT2D eigenvalue weighted by molar-refractivity contribution is -0.274. The first-order chi connectivity index (χ1) is 16.5. The normalized spacial score (nSPS) is 13.8. The van der Waals surface area contributed by atoms with E-state index in [4.69, 9.17) is 0 Å². The molecule has 0 radical (unpaired) electrons. The number of hydrogen-bond acceptors (Lipinski definition) is 7. The average molecular weight is 513 g/mol. The molecule has 0 aliphatic carbocycles. The maximum absolute atomic E-state index is 12.3. The minimum Gasteiger partial charge on any atom is -0.406 e. The second-order valence-electron chi connectivity index (χ2n) is 7.95. The van der Waals surface area contributed by atoms with E-state index in [0.29, 0.717) is 13.0 Å². The van der Waals surface area contributed by atoms with Crippen molar-refractivity contribution in [3.05, 3.63) is 59.7 Å². The zero-order valence-corrected chi connectivity index (χ0v) is 20.0. The van der Waals surface area contributed by atoms with Crippen LogP contribution in [0.1, 0.15) is 17.5 Å². The third-order valence-electron chi connectivity index (χ3n) is 5.29. The van der Waals surface area contributed by atoms with Crippen molar-refractivity contribution in [3.63, 3.8) is 0 Å². The van der Waals surface area contributed by atoms with Gasteiger partial charge in [0.1, 0.15) is 17.5 Å². The number of carbonyl (C=O) groups excluding carboxylic acids is 1. The molecule has 12 heteroatoms. The molecule has 190 valence electrons. The van der Waals surface area contributed by atoms with Crippen LogP contribution in [-0.2, 0) is 21.1 Å². The Balaban J connectivity index is 1.38. The monoisotopic (exact) mass is 512 g/mol. The van der Waals surface area contributed by atoms with Crippen molar-refractivity contribution in [3.8, 4) is 5.75 Å². The van der Waals surface area contributed by atoms with Crippen LogP contribution < -0.4 is 15.4 Å². The average Bonchev–Trinajstić information content (AvgIpc) is 3.35. The van der Waals surface area contributed by atoms with Crippen molar-refractivity contribution in [1.29, 1.82) is 0 Å². The van der Waals surface area contributed by atoms with Gasteiger partial charge in [-0.15, -0.1) is 13.2 Å². The van der Waals surface area contributed by atoms with Gasteiger partial charge in [-0.1, -0.05) is 24.3 Å². The van der Waals surface area contributed by atoms with E-state index < -0.39 is 27.8 Å². The van der Waals surface area contributed by atoms with Crippen molar-refractivity contribution in [2.24, 2.45) is 4.99 Å². The van der Waals surface area contributed by atoms with Crippen molar-refractivity contribution in [2.75, 3.05) is 39.1 Å². The van der Waals surface area contributed by atoms with Gasteiger partial charge in [-0.05, 0) is 36.2 Å². The molecule has 0 unspecified atom stereocenters. The van der Waals surface area contributed by atoms with Crippen LogP contribution in [0.15, 0.2) is 58.4 Å². The summed E-state index contributed by atoms with van der Waals surface area (Å²) in [7, 11) is -2.09. The third-order valence-corrected chi connectivity index (χ3v) is 6.86. The van der Waals surface area contributed by atoms with Gasteiger partial charge in [-0.2, -0.15) is 0 Å². The van der Waals surface area contributed by atoms with Crippen molar-refractivity contribution < 1.29 is 31.1 Å². The first kappa shape index (κ1) is 26.5. The number of alkyl halides is 3. The van der Waals surface area contributed by atoms with E-state index in [1.807, 2.05) is 24.3 Å². The summed E-state index contributed by atoms with van der Waals surface area (Å²) in [6.07, 6.45) is -4.07. The standard InChI is InChI=1S/C23H27F3N4O4S/c1-30(15-11-17-2-4-18(5-3-17)22-28-13-14-29-22)21(31)10-12-27-16-35(32,33)20-8-6-19(7-9-20)34-23(24,25)26/h2-9,27H,10-16H2,1H3,(H,28,29). The minimum atomic E-state index is -4.85. The van der Waals surface area contributed by atoms with Crippen LogP contribution in [0.5, 0.6) is 5.75 Å². The Morgan fingerprint density at radius 2 is 1.83 bits per heavy atom. The molecule has 2 aromatic rings. The lowest BCUT2D eigenvalue weighted by Crippen LogP contribution is -2.32. The molecule has 8 nitrogen and oxygen atoms in total. The van der Waals surface area contributed by atoms with Gasteiger partial charge in [0, 0.05) is 38.7 Å². The highest BCUT2D eigenvalue weighted by molar-refractivity contribution is 7.91. The van der Waals surface area contributed by atoms with Gasteiger partial charge >= 0.3 is 6.36 Å². The van der Waals surface area contributed by atoms with Gasteiger partial charge in [0.2, 0.25) is 5.91 Å². The molecule has 3 rings (SSSR count). The van der Waals surface area contributed by atoms with E-state index in [9.17, 15) is 26.4 Å². The summed E-state index contributed by atoms with van der Waals surface area (Å²) in [4.78, 5) is 18.2. The Morgan fingerprint density at radius 3 is 2.43 bits per heavy atom. The summed E-state index contributed by atoms with van der Waals surface area (Å²) in [5.41, 5.74) is 2.12. The minimum absolute atomic E-state index is 0.106. The summed E-state index contributed by atoms with van der Waals surface area (Å²) in [6, 6.07) is 12.0. The van der Waals surface area contributed by atoms with Crippen LogP contribution in [0.25, 0.3) is 0 Å². The molecule has 0 fully saturated rings. The highest BCUT2D eigenvalue weighted by Crippen LogP contribution is 2.24. The van der Waals surface area contributed by atoms with E-state index in [0.717, 1.165) is 54.3 Å². The third kappa shape index (κ3) is 8.25. The summed E-state index contributed by atoms with van der Waals surface area (Å²) in [6.45, 7) is 2.28. The first-order valence-corrected chi connectivity index (χ1v) is 12.6. The molecule has 0 spiro atoms. The number of sulfone groups is 1. The van der Waals surface area contributed by atoms with Crippen molar-refractivity contribution in [2.45, 2.75) is 24.1 Å². The predicted octanol–water partition coefficient (Wildman–Crippen LogP) is 2.35. The number of halogens is 3. The molecule has 2 aromatic carbocycles. The number of nitrogens with one attached hydrogen (secondary N) is 2. The second kappa shape index (κ2) is 11.5. The Hall–Kier alpha value is -3.12. The maximum atomic E-state index is 12.3. The second-order valence-corrected chi connectivity index (χ2v) is 9.94. The quantitative estimate of drug-likeness (QED) is 0.449. The SMILES string of the molecule is CN(CCc1ccc(C2=NCCN2)cc1)C(=O)CCNCS(=O)(=O)c1ccc(OC(F)(F)F)cc1. The zero-order chi connectivity index (χ0) is 25.5. The Labute approximate surface area is 202 Å². The van der Waals surface area contributed by atoms with E-state index in [1.165, 1.54) is 0 Å². The Kier molecular flexibility index (Phi) is 8.73. The molecule has 1 aliphatic rings. The van der Waals surface area contributed by atoms with Crippen molar-refractivity contribution >= 4 is 21.6 Å². The number of carbonyl (C=O) groups is 1. The fraction of sp³-hybridized carbons (Fsp3) is 0.391. The molecule has 2 N–H and O–H groups in total. The highest BCUT2D eigenvalue weighted by atomic mass is 32.2. The number of rotatable bonds is 11. The van der Waals surface area contributed by atoms with Gasteiger partial charge < -0.3 is 20.3 Å². The molecule has 35 heavy (non-hydrogen) atoms. The number of ether oxygens (including phenoxy) is 1. The summed E-state index contributed by atoms with van der Waals surface area (Å²) in [5, 5.41) is 5.93. The molecule has 1 amide bonds. The maximum Gasteiger partial charge on any atom is 0.573 e. The lowest BCUT2D eigenvalue weighted by atomic mass is 10.1. The summed E-state index contributed by atoms with van der Waals surface area (Å²) in [5.74, 6) is -0.194. The molecule has 0 saturated heterocycles.